The van der Waals surface area contributed by atoms with E-state index in [0.717, 1.165) is 28.0 Å². The summed E-state index contributed by atoms with van der Waals surface area (Å²) in [5, 5.41) is 4.30. The van der Waals surface area contributed by atoms with Crippen LogP contribution in [0.15, 0.2) is 22.9 Å². The maximum absolute atomic E-state index is 13.4. The van der Waals surface area contributed by atoms with Crippen molar-refractivity contribution in [1.29, 1.82) is 0 Å². The second kappa shape index (κ2) is 4.66. The monoisotopic (exact) mass is 340 g/mol. The van der Waals surface area contributed by atoms with Gasteiger partial charge in [0.25, 0.3) is 0 Å². The van der Waals surface area contributed by atoms with Gasteiger partial charge in [0.2, 0.25) is 0 Å². The molecule has 0 amide bonds. The molecular weight excluding hydrogens is 330 g/mol. The minimum atomic E-state index is -0.889. The summed E-state index contributed by atoms with van der Waals surface area (Å²) in [6.45, 7) is 2.37. The van der Waals surface area contributed by atoms with Gasteiger partial charge in [-0.1, -0.05) is 0 Å². The van der Waals surface area contributed by atoms with Crippen LogP contribution < -0.4 is 0 Å². The van der Waals surface area contributed by atoms with Crippen molar-refractivity contribution in [2.24, 2.45) is 7.05 Å². The molecule has 0 saturated carbocycles. The molecule has 0 radical (unpaired) electrons. The summed E-state index contributed by atoms with van der Waals surface area (Å²) >= 11 is 3.49. The highest BCUT2D eigenvalue weighted by molar-refractivity contribution is 9.10. The Kier molecular flexibility index (Phi) is 3.08. The predicted octanol–water partition coefficient (Wildman–Crippen LogP) is 3.17. The smallest absolute Gasteiger partial charge is 0.161 e. The van der Waals surface area contributed by atoms with E-state index in [1.54, 1.807) is 15.6 Å². The SMILES string of the molecule is Cc1nn(C)c(Cn2cnc3cc(F)c(F)cc32)c1Br. The highest BCUT2D eigenvalue weighted by Crippen LogP contribution is 2.23. The summed E-state index contributed by atoms with van der Waals surface area (Å²) in [5.41, 5.74) is 2.80. The zero-order valence-corrected chi connectivity index (χ0v) is 12.4. The van der Waals surface area contributed by atoms with E-state index < -0.39 is 11.6 Å². The fourth-order valence-corrected chi connectivity index (χ4v) is 2.65. The molecule has 7 heteroatoms. The maximum atomic E-state index is 13.4. The molecule has 0 bridgehead atoms. The van der Waals surface area contributed by atoms with Gasteiger partial charge in [0.05, 0.1) is 39.8 Å². The van der Waals surface area contributed by atoms with E-state index in [1.807, 2.05) is 14.0 Å². The van der Waals surface area contributed by atoms with Crippen molar-refractivity contribution in [1.82, 2.24) is 19.3 Å². The lowest BCUT2D eigenvalue weighted by molar-refractivity contribution is 0.510. The Bertz CT molecular complexity index is 806. The number of aromatic nitrogens is 4. The molecule has 0 aliphatic heterocycles. The number of benzene rings is 1. The molecule has 0 N–H and O–H groups in total. The van der Waals surface area contributed by atoms with Crippen LogP contribution in [-0.4, -0.2) is 19.3 Å². The maximum Gasteiger partial charge on any atom is 0.161 e. The van der Waals surface area contributed by atoms with Crippen LogP contribution in [0.4, 0.5) is 8.78 Å². The molecule has 0 spiro atoms. The lowest BCUT2D eigenvalue weighted by Gasteiger charge is -2.06. The van der Waals surface area contributed by atoms with Gasteiger partial charge in [-0.25, -0.2) is 13.8 Å². The summed E-state index contributed by atoms with van der Waals surface area (Å²) in [6, 6.07) is 2.26. The summed E-state index contributed by atoms with van der Waals surface area (Å²) in [6.07, 6.45) is 1.57. The topological polar surface area (TPSA) is 35.6 Å². The van der Waals surface area contributed by atoms with Crippen LogP contribution >= 0.6 is 15.9 Å². The molecule has 104 valence electrons. The average molecular weight is 341 g/mol. The largest absolute Gasteiger partial charge is 0.324 e. The van der Waals surface area contributed by atoms with E-state index in [9.17, 15) is 8.78 Å². The van der Waals surface area contributed by atoms with Crippen LogP contribution in [-0.2, 0) is 13.6 Å². The van der Waals surface area contributed by atoms with E-state index in [2.05, 4.69) is 26.0 Å². The molecule has 2 heterocycles. The lowest BCUT2D eigenvalue weighted by Crippen LogP contribution is -2.05. The van der Waals surface area contributed by atoms with Gasteiger partial charge in [-0.3, -0.25) is 4.68 Å². The second-order valence-corrected chi connectivity index (χ2v) is 5.39. The Morgan fingerprint density at radius 1 is 1.25 bits per heavy atom. The zero-order chi connectivity index (χ0) is 14.4. The number of rotatable bonds is 2. The summed E-state index contributed by atoms with van der Waals surface area (Å²) in [7, 11) is 1.84. The summed E-state index contributed by atoms with van der Waals surface area (Å²) in [4.78, 5) is 4.09. The highest BCUT2D eigenvalue weighted by Gasteiger charge is 2.14. The van der Waals surface area contributed by atoms with Gasteiger partial charge in [0.15, 0.2) is 11.6 Å². The van der Waals surface area contributed by atoms with Gasteiger partial charge in [-0.05, 0) is 22.9 Å². The molecule has 0 unspecified atom stereocenters. The van der Waals surface area contributed by atoms with Crippen LogP contribution in [0.2, 0.25) is 0 Å². The van der Waals surface area contributed by atoms with Crippen LogP contribution in [0, 0.1) is 18.6 Å². The van der Waals surface area contributed by atoms with Gasteiger partial charge in [-0.2, -0.15) is 5.10 Å². The molecule has 0 saturated heterocycles. The molecular formula is C13H11BrF2N4. The quantitative estimate of drug-likeness (QED) is 0.718. The fraction of sp³-hybridized carbons (Fsp3) is 0.231. The Balaban J connectivity index is 2.09. The first-order valence-corrected chi connectivity index (χ1v) is 6.74. The Hall–Kier alpha value is -1.76. The molecule has 3 rings (SSSR count). The fourth-order valence-electron chi connectivity index (χ4n) is 2.19. The minimum absolute atomic E-state index is 0.430. The van der Waals surface area contributed by atoms with Crippen LogP contribution in [0.1, 0.15) is 11.4 Å². The van der Waals surface area contributed by atoms with Gasteiger partial charge >= 0.3 is 0 Å². The summed E-state index contributed by atoms with van der Waals surface area (Å²) < 4.78 is 31.0. The Morgan fingerprint density at radius 3 is 2.60 bits per heavy atom. The normalized spacial score (nSPS) is 11.4. The third-order valence-electron chi connectivity index (χ3n) is 3.24. The number of hydrogen-bond donors (Lipinski definition) is 0. The van der Waals surface area contributed by atoms with Crippen molar-refractivity contribution >= 4 is 27.0 Å². The molecule has 0 aliphatic carbocycles. The molecule has 0 atom stereocenters. The molecule has 1 aromatic carbocycles. The first-order valence-electron chi connectivity index (χ1n) is 5.95. The first-order chi connectivity index (χ1) is 9.47. The van der Waals surface area contributed by atoms with Gasteiger partial charge < -0.3 is 4.57 Å². The Morgan fingerprint density at radius 2 is 1.95 bits per heavy atom. The number of hydrogen-bond acceptors (Lipinski definition) is 2. The molecule has 0 fully saturated rings. The summed E-state index contributed by atoms with van der Waals surface area (Å²) in [5.74, 6) is -1.76. The standard InChI is InChI=1S/C13H11BrF2N4/c1-7-13(14)12(19(2)18-7)5-20-6-17-10-3-8(15)9(16)4-11(10)20/h3-4,6H,5H2,1-2H3. The van der Waals surface area contributed by atoms with E-state index in [4.69, 9.17) is 0 Å². The number of imidazole rings is 1. The Labute approximate surface area is 122 Å². The molecule has 0 aliphatic rings. The van der Waals surface area contributed by atoms with Gasteiger partial charge in [0, 0.05) is 19.2 Å². The van der Waals surface area contributed by atoms with Crippen molar-refractivity contribution in [3.05, 3.63) is 46.0 Å². The van der Waals surface area contributed by atoms with Crippen molar-refractivity contribution in [2.45, 2.75) is 13.5 Å². The van der Waals surface area contributed by atoms with Crippen molar-refractivity contribution in [3.63, 3.8) is 0 Å². The molecule has 2 aromatic heterocycles. The number of aryl methyl sites for hydroxylation is 2. The van der Waals surface area contributed by atoms with Crippen LogP contribution in [0.5, 0.6) is 0 Å². The van der Waals surface area contributed by atoms with E-state index in [1.165, 1.54) is 0 Å². The van der Waals surface area contributed by atoms with Crippen molar-refractivity contribution in [3.8, 4) is 0 Å². The average Bonchev–Trinajstić information content (AvgIpc) is 2.87. The van der Waals surface area contributed by atoms with Crippen molar-refractivity contribution < 1.29 is 8.78 Å². The number of fused-ring (bicyclic) bond motifs is 1. The van der Waals surface area contributed by atoms with Gasteiger partial charge in [-0.15, -0.1) is 0 Å². The lowest BCUT2D eigenvalue weighted by atomic mass is 10.3. The predicted molar refractivity (Wildman–Crippen MR) is 74.4 cm³/mol. The first kappa shape index (κ1) is 13.2. The number of halogens is 3. The van der Waals surface area contributed by atoms with Crippen molar-refractivity contribution in [2.75, 3.05) is 0 Å². The third-order valence-corrected chi connectivity index (χ3v) is 4.28. The highest BCUT2D eigenvalue weighted by atomic mass is 79.9. The third kappa shape index (κ3) is 2.02. The number of nitrogens with zero attached hydrogens (tertiary/aromatic N) is 4. The zero-order valence-electron chi connectivity index (χ0n) is 10.9. The molecule has 4 nitrogen and oxygen atoms in total. The molecule has 20 heavy (non-hydrogen) atoms. The van der Waals surface area contributed by atoms with E-state index >= 15 is 0 Å². The second-order valence-electron chi connectivity index (χ2n) is 4.60. The van der Waals surface area contributed by atoms with E-state index in [0.29, 0.717) is 17.6 Å². The van der Waals surface area contributed by atoms with Gasteiger partial charge in [0.1, 0.15) is 0 Å². The molecule has 3 aromatic rings. The minimum Gasteiger partial charge on any atom is -0.324 e. The van der Waals surface area contributed by atoms with Crippen LogP contribution in [0.3, 0.4) is 0 Å². The van der Waals surface area contributed by atoms with E-state index in [-0.39, 0.29) is 0 Å². The van der Waals surface area contributed by atoms with Crippen LogP contribution in [0.25, 0.3) is 11.0 Å².